The molecule has 0 fully saturated rings. The Kier molecular flexibility index (Phi) is 5.82. The quantitative estimate of drug-likeness (QED) is 0.695. The molecule has 0 unspecified atom stereocenters. The fourth-order valence-electron chi connectivity index (χ4n) is 2.72. The number of aromatic carboxylic acids is 2. The first-order chi connectivity index (χ1) is 12.3. The zero-order valence-electron chi connectivity index (χ0n) is 14.8. The van der Waals surface area contributed by atoms with Crippen LogP contribution in [0, 0.1) is 0 Å². The van der Waals surface area contributed by atoms with Crippen molar-refractivity contribution in [3.05, 3.63) is 52.3 Å². The van der Waals surface area contributed by atoms with Crippen LogP contribution in [-0.2, 0) is 12.8 Å². The predicted octanol–water partition coefficient (Wildman–Crippen LogP) is 3.10. The van der Waals surface area contributed by atoms with Gasteiger partial charge in [-0.25, -0.2) is 9.59 Å². The van der Waals surface area contributed by atoms with Crippen LogP contribution < -0.4 is 4.74 Å². The molecule has 1 heterocycles. The van der Waals surface area contributed by atoms with E-state index < -0.39 is 28.8 Å². The van der Waals surface area contributed by atoms with E-state index >= 15 is 0 Å². The maximum absolute atomic E-state index is 11.6. The van der Waals surface area contributed by atoms with Gasteiger partial charge in [0.2, 0.25) is 0 Å². The second-order valence-electron chi connectivity index (χ2n) is 6.16. The maximum Gasteiger partial charge on any atom is 0.340 e. The van der Waals surface area contributed by atoms with E-state index in [1.54, 1.807) is 33.1 Å². The van der Waals surface area contributed by atoms with Crippen molar-refractivity contribution in [2.75, 3.05) is 7.11 Å². The number of aryl methyl sites for hydroxylation is 2. The van der Waals surface area contributed by atoms with E-state index in [0.29, 0.717) is 12.2 Å². The molecule has 2 aromatic rings. The highest BCUT2D eigenvalue weighted by Gasteiger charge is 2.29. The fraction of sp³-hybridized carbons (Fsp3) is 0.316. The largest absolute Gasteiger partial charge is 0.505 e. The molecule has 0 saturated carbocycles. The molecular weight excluding hydrogens is 338 g/mol. The highest BCUT2D eigenvalue weighted by atomic mass is 16.5. The topological polar surface area (TPSA) is 117 Å². The number of ether oxygens (including phenoxy) is 1. The lowest BCUT2D eigenvalue weighted by Gasteiger charge is -2.16. The smallest absolute Gasteiger partial charge is 0.340 e. The van der Waals surface area contributed by atoms with Gasteiger partial charge in [0.25, 0.3) is 0 Å². The van der Waals surface area contributed by atoms with Gasteiger partial charge in [-0.3, -0.25) is 4.98 Å². The summed E-state index contributed by atoms with van der Waals surface area (Å²) < 4.78 is 5.10. The lowest BCUT2D eigenvalue weighted by Crippen LogP contribution is -2.16. The van der Waals surface area contributed by atoms with E-state index in [0.717, 1.165) is 5.56 Å². The molecule has 0 saturated heterocycles. The Balaban J connectivity index is 2.47. The molecule has 2 rings (SSSR count). The van der Waals surface area contributed by atoms with Crippen molar-refractivity contribution in [3.8, 4) is 11.5 Å². The molecule has 7 nitrogen and oxygen atoms in total. The molecule has 0 amide bonds. The summed E-state index contributed by atoms with van der Waals surface area (Å²) in [6, 6.07) is 7.28. The normalized spacial score (nSPS) is 10.8. The first-order valence-electron chi connectivity index (χ1n) is 8.11. The third-order valence-electron chi connectivity index (χ3n) is 4.06. The van der Waals surface area contributed by atoms with Gasteiger partial charge < -0.3 is 20.1 Å². The van der Waals surface area contributed by atoms with Crippen molar-refractivity contribution in [1.82, 2.24) is 4.98 Å². The van der Waals surface area contributed by atoms with Gasteiger partial charge in [-0.2, -0.15) is 0 Å². The van der Waals surface area contributed by atoms with Gasteiger partial charge in [0.1, 0.15) is 11.3 Å². The molecule has 0 spiro atoms. The zero-order chi connectivity index (χ0) is 19.4. The molecule has 3 N–H and O–H groups in total. The Bertz CT molecular complexity index is 827. The zero-order valence-corrected chi connectivity index (χ0v) is 14.8. The predicted molar refractivity (Wildman–Crippen MR) is 94.3 cm³/mol. The van der Waals surface area contributed by atoms with Gasteiger partial charge in [0.05, 0.1) is 24.1 Å². The van der Waals surface area contributed by atoms with E-state index in [9.17, 15) is 24.9 Å². The molecule has 0 aliphatic carbocycles. The van der Waals surface area contributed by atoms with Crippen molar-refractivity contribution in [1.29, 1.82) is 0 Å². The van der Waals surface area contributed by atoms with Crippen LogP contribution in [0.15, 0.2) is 24.3 Å². The summed E-state index contributed by atoms with van der Waals surface area (Å²) in [7, 11) is 1.56. The molecule has 26 heavy (non-hydrogen) atoms. The number of aromatic hydroxyl groups is 1. The van der Waals surface area contributed by atoms with Crippen LogP contribution in [0.1, 0.15) is 57.4 Å². The molecule has 7 heteroatoms. The molecule has 1 aromatic heterocycles. The van der Waals surface area contributed by atoms with Crippen molar-refractivity contribution in [2.24, 2.45) is 0 Å². The van der Waals surface area contributed by atoms with Gasteiger partial charge in [-0.15, -0.1) is 0 Å². The summed E-state index contributed by atoms with van der Waals surface area (Å²) >= 11 is 0. The SMILES string of the molecule is COc1ccc(CCc2nc(C(C)C)c(O)c(C(=O)O)c2C(=O)O)cc1. The van der Waals surface area contributed by atoms with Crippen LogP contribution in [0.3, 0.4) is 0 Å². The molecule has 0 bridgehead atoms. The summed E-state index contributed by atoms with van der Waals surface area (Å²) in [5.74, 6) is -3.05. The summed E-state index contributed by atoms with van der Waals surface area (Å²) in [4.78, 5) is 27.5. The van der Waals surface area contributed by atoms with Gasteiger partial charge in [-0.1, -0.05) is 26.0 Å². The first-order valence-corrected chi connectivity index (χ1v) is 8.11. The van der Waals surface area contributed by atoms with Crippen LogP contribution >= 0.6 is 0 Å². The number of benzene rings is 1. The Morgan fingerprint density at radius 3 is 2.08 bits per heavy atom. The van der Waals surface area contributed by atoms with Gasteiger partial charge >= 0.3 is 11.9 Å². The maximum atomic E-state index is 11.6. The third kappa shape index (κ3) is 3.93. The van der Waals surface area contributed by atoms with Crippen molar-refractivity contribution < 1.29 is 29.6 Å². The summed E-state index contributed by atoms with van der Waals surface area (Å²) in [6.45, 7) is 3.50. The molecule has 0 radical (unpaired) electrons. The molecule has 1 aromatic carbocycles. The molecule has 0 aliphatic rings. The highest BCUT2D eigenvalue weighted by Crippen LogP contribution is 2.32. The Hall–Kier alpha value is -3.09. The van der Waals surface area contributed by atoms with Crippen LogP contribution in [0.4, 0.5) is 0 Å². The second-order valence-corrected chi connectivity index (χ2v) is 6.16. The van der Waals surface area contributed by atoms with Crippen molar-refractivity contribution >= 4 is 11.9 Å². The third-order valence-corrected chi connectivity index (χ3v) is 4.06. The average molecular weight is 359 g/mol. The molecule has 0 aliphatic heterocycles. The minimum atomic E-state index is -1.49. The number of carbonyl (C=O) groups is 2. The van der Waals surface area contributed by atoms with E-state index in [1.165, 1.54) is 0 Å². The Morgan fingerprint density at radius 1 is 1.04 bits per heavy atom. The first kappa shape index (κ1) is 19.2. The summed E-state index contributed by atoms with van der Waals surface area (Å²) in [6.07, 6.45) is 0.701. The number of methoxy groups -OCH3 is 1. The van der Waals surface area contributed by atoms with Crippen molar-refractivity contribution in [3.63, 3.8) is 0 Å². The molecule has 138 valence electrons. The van der Waals surface area contributed by atoms with E-state index in [-0.39, 0.29) is 23.7 Å². The second kappa shape index (κ2) is 7.86. The minimum Gasteiger partial charge on any atom is -0.505 e. The van der Waals surface area contributed by atoms with Crippen LogP contribution in [-0.4, -0.2) is 39.4 Å². The van der Waals surface area contributed by atoms with E-state index in [1.807, 2.05) is 12.1 Å². The van der Waals surface area contributed by atoms with E-state index in [4.69, 9.17) is 4.74 Å². The molecule has 0 atom stereocenters. The standard InChI is InChI=1S/C19H21NO6/c1-10(2)16-17(21)15(19(24)25)14(18(22)23)13(20-16)9-6-11-4-7-12(26-3)8-5-11/h4-5,7-8,10,21H,6,9H2,1-3H3,(H,22,23)(H,24,25). The Morgan fingerprint density at radius 2 is 1.62 bits per heavy atom. The number of carboxylic acids is 2. The minimum absolute atomic E-state index is 0.146. The monoisotopic (exact) mass is 359 g/mol. The number of rotatable bonds is 7. The Labute approximate surface area is 150 Å². The summed E-state index contributed by atoms with van der Waals surface area (Å²) in [5.41, 5.74) is 0.179. The fourth-order valence-corrected chi connectivity index (χ4v) is 2.72. The molecular formula is C19H21NO6. The van der Waals surface area contributed by atoms with Gasteiger partial charge in [0.15, 0.2) is 5.75 Å². The van der Waals surface area contributed by atoms with Gasteiger partial charge in [0, 0.05) is 0 Å². The van der Waals surface area contributed by atoms with Crippen LogP contribution in [0.2, 0.25) is 0 Å². The number of carboxylic acid groups (broad SMARTS) is 2. The van der Waals surface area contributed by atoms with E-state index in [2.05, 4.69) is 4.98 Å². The average Bonchev–Trinajstić information content (AvgIpc) is 2.59. The number of hydrogen-bond acceptors (Lipinski definition) is 5. The number of nitrogens with zero attached hydrogens (tertiary/aromatic N) is 1. The van der Waals surface area contributed by atoms with Crippen LogP contribution in [0.5, 0.6) is 11.5 Å². The highest BCUT2D eigenvalue weighted by molar-refractivity contribution is 6.04. The van der Waals surface area contributed by atoms with Crippen molar-refractivity contribution in [2.45, 2.75) is 32.6 Å². The number of pyridine rings is 1. The number of aromatic nitrogens is 1. The lowest BCUT2D eigenvalue weighted by molar-refractivity contribution is 0.0646. The summed E-state index contributed by atoms with van der Waals surface area (Å²) in [5, 5.41) is 29.1. The number of hydrogen-bond donors (Lipinski definition) is 3. The van der Waals surface area contributed by atoms with Gasteiger partial charge in [-0.05, 0) is 36.5 Å². The van der Waals surface area contributed by atoms with Crippen LogP contribution in [0.25, 0.3) is 0 Å². The lowest BCUT2D eigenvalue weighted by atomic mass is 9.96.